The summed E-state index contributed by atoms with van der Waals surface area (Å²) in [5.74, 6) is 0.510. The monoisotopic (exact) mass is 199 g/mol. The molecule has 0 aromatic heterocycles. The highest BCUT2D eigenvalue weighted by atomic mass is 35.5. The van der Waals surface area contributed by atoms with Gasteiger partial charge in [0.2, 0.25) is 10.0 Å². The molecular weight excluding hydrogens is 186 g/mol. The number of rotatable bonds is 5. The Bertz CT molecular complexity index is 191. The van der Waals surface area contributed by atoms with Crippen LogP contribution in [0.5, 0.6) is 0 Å². The Morgan fingerprint density at radius 2 is 2.09 bits per heavy atom. The van der Waals surface area contributed by atoms with E-state index in [9.17, 15) is 8.42 Å². The Morgan fingerprint density at radius 3 is 2.45 bits per heavy atom. The number of nitrogens with one attached hydrogen (secondary N) is 1. The van der Waals surface area contributed by atoms with Crippen molar-refractivity contribution in [1.82, 2.24) is 4.72 Å². The van der Waals surface area contributed by atoms with Crippen LogP contribution < -0.4 is 4.72 Å². The molecule has 1 atom stereocenters. The normalized spacial score (nSPS) is 14.8. The van der Waals surface area contributed by atoms with E-state index < -0.39 is 10.0 Å². The maximum absolute atomic E-state index is 11.0. The largest absolute Gasteiger partial charge is 0.216 e. The van der Waals surface area contributed by atoms with Gasteiger partial charge in [0.1, 0.15) is 0 Å². The summed E-state index contributed by atoms with van der Waals surface area (Å²) < 4.78 is 24.5. The SMILES string of the molecule is CCNS(=O)(=O)CC(C)CCl. The van der Waals surface area contributed by atoms with E-state index in [1.165, 1.54) is 0 Å². The fourth-order valence-electron chi connectivity index (χ4n) is 0.698. The Balaban J connectivity index is 3.92. The Kier molecular flexibility index (Phi) is 5.04. The molecule has 0 saturated heterocycles. The van der Waals surface area contributed by atoms with Gasteiger partial charge < -0.3 is 0 Å². The molecule has 1 N–H and O–H groups in total. The van der Waals surface area contributed by atoms with E-state index in [4.69, 9.17) is 11.6 Å². The third kappa shape index (κ3) is 5.47. The van der Waals surface area contributed by atoms with Crippen molar-refractivity contribution in [1.29, 1.82) is 0 Å². The summed E-state index contributed by atoms with van der Waals surface area (Å²) in [6.45, 7) is 4.00. The predicted molar refractivity (Wildman–Crippen MR) is 47.3 cm³/mol. The molecule has 0 aromatic carbocycles. The van der Waals surface area contributed by atoms with Crippen LogP contribution in [0, 0.1) is 5.92 Å². The standard InChI is InChI=1S/C6H14ClNO2S/c1-3-8-11(9,10)5-6(2)4-7/h6,8H,3-5H2,1-2H3. The van der Waals surface area contributed by atoms with Crippen LogP contribution in [0.1, 0.15) is 13.8 Å². The van der Waals surface area contributed by atoms with Gasteiger partial charge in [-0.2, -0.15) is 0 Å². The van der Waals surface area contributed by atoms with Crippen LogP contribution in [0.25, 0.3) is 0 Å². The first kappa shape index (κ1) is 11.2. The predicted octanol–water partition coefficient (Wildman–Crippen LogP) is 0.801. The van der Waals surface area contributed by atoms with Crippen LogP contribution in [0.3, 0.4) is 0 Å². The molecule has 0 bridgehead atoms. The maximum atomic E-state index is 11.0. The molecule has 11 heavy (non-hydrogen) atoms. The average Bonchev–Trinajstić information content (AvgIpc) is 1.86. The molecule has 0 aliphatic heterocycles. The molecule has 0 saturated carbocycles. The fraction of sp³-hybridized carbons (Fsp3) is 1.00. The lowest BCUT2D eigenvalue weighted by Crippen LogP contribution is -2.29. The highest BCUT2D eigenvalue weighted by Gasteiger charge is 2.12. The van der Waals surface area contributed by atoms with Crippen LogP contribution >= 0.6 is 11.6 Å². The summed E-state index contributed by atoms with van der Waals surface area (Å²) >= 11 is 5.47. The van der Waals surface area contributed by atoms with E-state index in [2.05, 4.69) is 4.72 Å². The summed E-state index contributed by atoms with van der Waals surface area (Å²) in [6.07, 6.45) is 0. The van der Waals surface area contributed by atoms with E-state index in [0.29, 0.717) is 12.4 Å². The molecule has 68 valence electrons. The van der Waals surface area contributed by atoms with Gasteiger partial charge in [-0.25, -0.2) is 13.1 Å². The Morgan fingerprint density at radius 1 is 1.55 bits per heavy atom. The average molecular weight is 200 g/mol. The van der Waals surface area contributed by atoms with Gasteiger partial charge in [-0.1, -0.05) is 13.8 Å². The van der Waals surface area contributed by atoms with Gasteiger partial charge in [0.15, 0.2) is 0 Å². The molecule has 1 unspecified atom stereocenters. The highest BCUT2D eigenvalue weighted by Crippen LogP contribution is 2.01. The van der Waals surface area contributed by atoms with Gasteiger partial charge in [-0.05, 0) is 5.92 Å². The van der Waals surface area contributed by atoms with Crippen molar-refractivity contribution in [3.8, 4) is 0 Å². The van der Waals surface area contributed by atoms with Gasteiger partial charge in [0.05, 0.1) is 5.75 Å². The zero-order valence-corrected chi connectivity index (χ0v) is 8.37. The van der Waals surface area contributed by atoms with E-state index in [0.717, 1.165) is 0 Å². The zero-order chi connectivity index (χ0) is 8.91. The van der Waals surface area contributed by atoms with Crippen molar-refractivity contribution in [2.45, 2.75) is 13.8 Å². The topological polar surface area (TPSA) is 46.2 Å². The van der Waals surface area contributed by atoms with E-state index in [-0.39, 0.29) is 11.7 Å². The van der Waals surface area contributed by atoms with Gasteiger partial charge in [-0.15, -0.1) is 11.6 Å². The van der Waals surface area contributed by atoms with Crippen molar-refractivity contribution < 1.29 is 8.42 Å². The van der Waals surface area contributed by atoms with Crippen LogP contribution in [0.2, 0.25) is 0 Å². The minimum Gasteiger partial charge on any atom is -0.216 e. The first-order valence-electron chi connectivity index (χ1n) is 3.55. The highest BCUT2D eigenvalue weighted by molar-refractivity contribution is 7.89. The van der Waals surface area contributed by atoms with Crippen molar-refractivity contribution in [3.63, 3.8) is 0 Å². The molecular formula is C6H14ClNO2S. The molecule has 0 spiro atoms. The molecule has 3 nitrogen and oxygen atoms in total. The van der Waals surface area contributed by atoms with Crippen LogP contribution in [0.15, 0.2) is 0 Å². The van der Waals surface area contributed by atoms with E-state index >= 15 is 0 Å². The minimum atomic E-state index is -3.08. The molecule has 0 radical (unpaired) electrons. The van der Waals surface area contributed by atoms with Gasteiger partial charge >= 0.3 is 0 Å². The van der Waals surface area contributed by atoms with Crippen molar-refractivity contribution >= 4 is 21.6 Å². The van der Waals surface area contributed by atoms with E-state index in [1.54, 1.807) is 6.92 Å². The minimum absolute atomic E-state index is 0.0146. The van der Waals surface area contributed by atoms with Crippen LogP contribution in [0.4, 0.5) is 0 Å². The molecule has 0 amide bonds. The maximum Gasteiger partial charge on any atom is 0.211 e. The summed E-state index contributed by atoms with van der Waals surface area (Å²) in [5, 5.41) is 0. The number of hydrogen-bond acceptors (Lipinski definition) is 2. The smallest absolute Gasteiger partial charge is 0.211 e. The third-order valence-corrected chi connectivity index (χ3v) is 3.39. The molecule has 0 aliphatic rings. The number of halogens is 1. The summed E-state index contributed by atoms with van der Waals surface area (Å²) in [4.78, 5) is 0. The third-order valence-electron chi connectivity index (χ3n) is 1.13. The van der Waals surface area contributed by atoms with Crippen molar-refractivity contribution in [2.24, 2.45) is 5.92 Å². The number of hydrogen-bond donors (Lipinski definition) is 1. The second kappa shape index (κ2) is 4.95. The van der Waals surface area contributed by atoms with Crippen molar-refractivity contribution in [3.05, 3.63) is 0 Å². The second-order valence-electron chi connectivity index (χ2n) is 2.54. The molecule has 5 heteroatoms. The van der Waals surface area contributed by atoms with Crippen LogP contribution in [-0.2, 0) is 10.0 Å². The second-order valence-corrected chi connectivity index (χ2v) is 4.70. The molecule has 0 heterocycles. The van der Waals surface area contributed by atoms with Crippen molar-refractivity contribution in [2.75, 3.05) is 18.2 Å². The lowest BCUT2D eigenvalue weighted by molar-refractivity contribution is 0.571. The first-order chi connectivity index (χ1) is 5.02. The quantitative estimate of drug-likeness (QED) is 0.666. The number of alkyl halides is 1. The van der Waals surface area contributed by atoms with Crippen LogP contribution in [-0.4, -0.2) is 26.6 Å². The molecule has 0 aliphatic carbocycles. The summed E-state index contributed by atoms with van der Waals surface area (Å²) in [6, 6.07) is 0. The summed E-state index contributed by atoms with van der Waals surface area (Å²) in [7, 11) is -3.08. The molecule has 0 rings (SSSR count). The fourth-order valence-corrected chi connectivity index (χ4v) is 2.36. The van der Waals surface area contributed by atoms with E-state index in [1.807, 2.05) is 6.92 Å². The molecule has 0 fully saturated rings. The summed E-state index contributed by atoms with van der Waals surface area (Å²) in [5.41, 5.74) is 0. The first-order valence-corrected chi connectivity index (χ1v) is 5.73. The zero-order valence-electron chi connectivity index (χ0n) is 6.80. The van der Waals surface area contributed by atoms with Gasteiger partial charge in [0, 0.05) is 12.4 Å². The Hall–Kier alpha value is 0.200. The molecule has 0 aromatic rings. The number of sulfonamides is 1. The lowest BCUT2D eigenvalue weighted by Gasteiger charge is -2.07. The Labute approximate surface area is 73.2 Å². The lowest BCUT2D eigenvalue weighted by atomic mass is 10.3. The van der Waals surface area contributed by atoms with Gasteiger partial charge in [0.25, 0.3) is 0 Å². The van der Waals surface area contributed by atoms with Gasteiger partial charge in [-0.3, -0.25) is 0 Å².